The van der Waals surface area contributed by atoms with Crippen molar-refractivity contribution in [3.8, 4) is 0 Å². The molecule has 1 heterocycles. The van der Waals surface area contributed by atoms with Crippen LogP contribution in [0.1, 0.15) is 34.8 Å². The van der Waals surface area contributed by atoms with E-state index < -0.39 is 0 Å². The molecule has 26 heavy (non-hydrogen) atoms. The van der Waals surface area contributed by atoms with Crippen LogP contribution in [-0.4, -0.2) is 30.8 Å². The van der Waals surface area contributed by atoms with Crippen molar-refractivity contribution in [2.24, 2.45) is 0 Å². The number of carbonyl (C=O) groups excluding carboxylic acids is 2. The number of hydrogen-bond donors (Lipinski definition) is 0. The molecule has 0 spiro atoms. The number of hydrogen-bond acceptors (Lipinski definition) is 4. The van der Waals surface area contributed by atoms with E-state index in [9.17, 15) is 9.59 Å². The van der Waals surface area contributed by atoms with Gasteiger partial charge in [-0.1, -0.05) is 30.3 Å². The van der Waals surface area contributed by atoms with E-state index in [4.69, 9.17) is 4.74 Å². The third-order valence-corrected chi connectivity index (χ3v) is 5.62. The topological polar surface area (TPSA) is 46.6 Å². The van der Waals surface area contributed by atoms with Crippen LogP contribution in [0.3, 0.4) is 0 Å². The number of thioether (sulfide) groups is 1. The second kappa shape index (κ2) is 8.41. The van der Waals surface area contributed by atoms with Gasteiger partial charge in [-0.25, -0.2) is 4.79 Å². The van der Waals surface area contributed by atoms with Crippen LogP contribution in [0, 0.1) is 0 Å². The zero-order valence-electron chi connectivity index (χ0n) is 15.1. The average Bonchev–Trinajstić information content (AvgIpc) is 2.67. The predicted molar refractivity (Wildman–Crippen MR) is 106 cm³/mol. The van der Waals surface area contributed by atoms with E-state index in [1.807, 2.05) is 41.3 Å². The van der Waals surface area contributed by atoms with E-state index in [0.29, 0.717) is 17.1 Å². The number of aryl methyl sites for hydroxylation is 1. The normalized spacial score (nSPS) is 16.1. The third kappa shape index (κ3) is 4.10. The SMILES string of the molecule is COC(=O)c1cccc(CSCC(=O)N2c3ccccc3CC[C@@H]2C)c1. The summed E-state index contributed by atoms with van der Waals surface area (Å²) in [5.41, 5.74) is 3.84. The largest absolute Gasteiger partial charge is 0.465 e. The fourth-order valence-electron chi connectivity index (χ4n) is 3.30. The van der Waals surface area contributed by atoms with E-state index in [2.05, 4.69) is 13.0 Å². The van der Waals surface area contributed by atoms with Gasteiger partial charge in [0.2, 0.25) is 5.91 Å². The lowest BCUT2D eigenvalue weighted by atomic mass is 9.97. The van der Waals surface area contributed by atoms with Crippen molar-refractivity contribution < 1.29 is 14.3 Å². The van der Waals surface area contributed by atoms with E-state index >= 15 is 0 Å². The van der Waals surface area contributed by atoms with Gasteiger partial charge in [-0.05, 0) is 49.1 Å². The van der Waals surface area contributed by atoms with Crippen LogP contribution in [0.25, 0.3) is 0 Å². The van der Waals surface area contributed by atoms with Crippen molar-refractivity contribution in [2.45, 2.75) is 31.6 Å². The first kappa shape index (κ1) is 18.5. The minimum absolute atomic E-state index is 0.138. The Bertz CT molecular complexity index is 805. The van der Waals surface area contributed by atoms with Crippen LogP contribution in [0.5, 0.6) is 0 Å². The molecule has 1 atom stereocenters. The Balaban J connectivity index is 1.62. The van der Waals surface area contributed by atoms with Crippen LogP contribution in [0.15, 0.2) is 48.5 Å². The Morgan fingerprint density at radius 1 is 1.19 bits per heavy atom. The van der Waals surface area contributed by atoms with E-state index in [1.54, 1.807) is 17.8 Å². The molecule has 0 saturated heterocycles. The highest BCUT2D eigenvalue weighted by atomic mass is 32.2. The highest BCUT2D eigenvalue weighted by Gasteiger charge is 2.27. The number of carbonyl (C=O) groups is 2. The van der Waals surface area contributed by atoms with E-state index in [0.717, 1.165) is 24.1 Å². The van der Waals surface area contributed by atoms with Gasteiger partial charge in [0.1, 0.15) is 0 Å². The van der Waals surface area contributed by atoms with E-state index in [1.165, 1.54) is 12.7 Å². The first-order valence-corrected chi connectivity index (χ1v) is 9.90. The smallest absolute Gasteiger partial charge is 0.337 e. The van der Waals surface area contributed by atoms with Gasteiger partial charge in [0.25, 0.3) is 0 Å². The van der Waals surface area contributed by atoms with Crippen molar-refractivity contribution in [2.75, 3.05) is 17.8 Å². The molecule has 0 fully saturated rings. The zero-order chi connectivity index (χ0) is 18.5. The zero-order valence-corrected chi connectivity index (χ0v) is 15.9. The second-order valence-electron chi connectivity index (χ2n) is 6.46. The molecule has 3 rings (SSSR count). The highest BCUT2D eigenvalue weighted by Crippen LogP contribution is 2.31. The van der Waals surface area contributed by atoms with Crippen LogP contribution in [0.2, 0.25) is 0 Å². The minimum atomic E-state index is -0.341. The lowest BCUT2D eigenvalue weighted by Crippen LogP contribution is -2.43. The van der Waals surface area contributed by atoms with Crippen molar-refractivity contribution >= 4 is 29.3 Å². The molecule has 1 amide bonds. The molecular formula is C21H23NO3S. The molecule has 0 saturated carbocycles. The third-order valence-electron chi connectivity index (χ3n) is 4.63. The number of ether oxygens (including phenoxy) is 1. The van der Waals surface area contributed by atoms with Crippen LogP contribution >= 0.6 is 11.8 Å². The second-order valence-corrected chi connectivity index (χ2v) is 7.45. The lowest BCUT2D eigenvalue weighted by molar-refractivity contribution is -0.116. The quantitative estimate of drug-likeness (QED) is 0.745. The minimum Gasteiger partial charge on any atom is -0.465 e. The molecule has 0 bridgehead atoms. The van der Waals surface area contributed by atoms with Crippen LogP contribution in [0.4, 0.5) is 5.69 Å². The Kier molecular flexibility index (Phi) is 5.99. The molecule has 1 aliphatic heterocycles. The Morgan fingerprint density at radius 2 is 2.00 bits per heavy atom. The lowest BCUT2D eigenvalue weighted by Gasteiger charge is -2.35. The summed E-state index contributed by atoms with van der Waals surface area (Å²) in [4.78, 5) is 26.4. The summed E-state index contributed by atoms with van der Waals surface area (Å²) in [5.74, 6) is 0.895. The molecular weight excluding hydrogens is 346 g/mol. The number of benzene rings is 2. The van der Waals surface area contributed by atoms with Crippen molar-refractivity contribution in [1.29, 1.82) is 0 Å². The maximum absolute atomic E-state index is 12.8. The van der Waals surface area contributed by atoms with Crippen LogP contribution in [-0.2, 0) is 21.7 Å². The number of para-hydroxylation sites is 1. The summed E-state index contributed by atoms with van der Waals surface area (Å²) in [6.45, 7) is 2.11. The van der Waals surface area contributed by atoms with E-state index in [-0.39, 0.29) is 17.9 Å². The summed E-state index contributed by atoms with van der Waals surface area (Å²) in [7, 11) is 1.38. The fourth-order valence-corrected chi connectivity index (χ4v) is 4.13. The molecule has 2 aromatic carbocycles. The van der Waals surface area contributed by atoms with Gasteiger partial charge < -0.3 is 9.64 Å². The number of rotatable bonds is 5. The number of amides is 1. The van der Waals surface area contributed by atoms with Gasteiger partial charge in [-0.15, -0.1) is 11.8 Å². The standard InChI is InChI=1S/C21H23NO3S/c1-15-10-11-17-7-3-4-9-19(17)22(15)20(23)14-26-13-16-6-5-8-18(12-16)21(24)25-2/h3-9,12,15H,10-11,13-14H2,1-2H3/t15-/m0/s1. The molecule has 1 aliphatic rings. The molecule has 4 nitrogen and oxygen atoms in total. The summed E-state index contributed by atoms with van der Waals surface area (Å²) in [6.07, 6.45) is 2.02. The molecule has 136 valence electrons. The van der Waals surface area contributed by atoms with Crippen LogP contribution < -0.4 is 4.90 Å². The first-order valence-electron chi connectivity index (χ1n) is 8.75. The number of fused-ring (bicyclic) bond motifs is 1. The predicted octanol–water partition coefficient (Wildman–Crippen LogP) is 4.07. The molecule has 0 radical (unpaired) electrons. The highest BCUT2D eigenvalue weighted by molar-refractivity contribution is 7.99. The molecule has 0 aliphatic carbocycles. The molecule has 5 heteroatoms. The Labute approximate surface area is 158 Å². The monoisotopic (exact) mass is 369 g/mol. The molecule has 2 aromatic rings. The molecule has 0 unspecified atom stereocenters. The fraction of sp³-hybridized carbons (Fsp3) is 0.333. The molecule has 0 aromatic heterocycles. The van der Waals surface area contributed by atoms with Gasteiger partial charge in [-0.3, -0.25) is 4.79 Å². The summed E-state index contributed by atoms with van der Waals surface area (Å²) in [6, 6.07) is 15.7. The Morgan fingerprint density at radius 3 is 2.81 bits per heavy atom. The van der Waals surface area contributed by atoms with Gasteiger partial charge >= 0.3 is 5.97 Å². The summed E-state index contributed by atoms with van der Waals surface area (Å²) >= 11 is 1.57. The van der Waals surface area contributed by atoms with Gasteiger partial charge in [0.15, 0.2) is 0 Å². The van der Waals surface area contributed by atoms with Gasteiger partial charge in [0, 0.05) is 17.5 Å². The Hall–Kier alpha value is -2.27. The maximum atomic E-state index is 12.8. The maximum Gasteiger partial charge on any atom is 0.337 e. The molecule has 0 N–H and O–H groups in total. The number of methoxy groups -OCH3 is 1. The summed E-state index contributed by atoms with van der Waals surface area (Å²) < 4.78 is 4.75. The van der Waals surface area contributed by atoms with Crippen molar-refractivity contribution in [1.82, 2.24) is 0 Å². The van der Waals surface area contributed by atoms with Crippen molar-refractivity contribution in [3.63, 3.8) is 0 Å². The average molecular weight is 369 g/mol. The van der Waals surface area contributed by atoms with Gasteiger partial charge in [-0.2, -0.15) is 0 Å². The first-order chi connectivity index (χ1) is 12.6. The van der Waals surface area contributed by atoms with Crippen molar-refractivity contribution in [3.05, 3.63) is 65.2 Å². The van der Waals surface area contributed by atoms with Gasteiger partial charge in [0.05, 0.1) is 18.4 Å². The number of nitrogens with zero attached hydrogens (tertiary/aromatic N) is 1. The number of esters is 1. The number of anilines is 1. The summed E-state index contributed by atoms with van der Waals surface area (Å²) in [5, 5.41) is 0.